The number of aromatic hydroxyl groups is 2. The molecule has 0 amide bonds. The molecule has 0 aliphatic heterocycles. The van der Waals surface area contributed by atoms with Crippen LogP contribution < -0.4 is 0 Å². The van der Waals surface area contributed by atoms with Gasteiger partial charge in [0.15, 0.2) is 5.78 Å². The Morgan fingerprint density at radius 1 is 0.862 bits per heavy atom. The zero-order valence-electron chi connectivity index (χ0n) is 17.3. The second-order valence-corrected chi connectivity index (χ2v) is 8.42. The molecule has 0 fully saturated rings. The first-order valence-corrected chi connectivity index (χ1v) is 11.6. The largest absolute Gasteiger partial charge is 0.507 e. The SMILES string of the molecule is CCCCCCCCCCSc1ccc(C(=O)C=Cc2c(O)cccc2O)cc1. The summed E-state index contributed by atoms with van der Waals surface area (Å²) in [6.45, 7) is 2.25. The van der Waals surface area contributed by atoms with E-state index in [0.29, 0.717) is 5.56 Å². The van der Waals surface area contributed by atoms with Crippen molar-refractivity contribution in [2.75, 3.05) is 5.75 Å². The Morgan fingerprint density at radius 2 is 1.45 bits per heavy atom. The highest BCUT2D eigenvalue weighted by atomic mass is 32.2. The molecule has 0 saturated carbocycles. The molecule has 0 aliphatic carbocycles. The number of carbonyl (C=O) groups excluding carboxylic acids is 1. The molecule has 0 spiro atoms. The highest BCUT2D eigenvalue weighted by Crippen LogP contribution is 2.28. The Morgan fingerprint density at radius 3 is 2.07 bits per heavy atom. The van der Waals surface area contributed by atoms with Crippen LogP contribution in [0.2, 0.25) is 0 Å². The van der Waals surface area contributed by atoms with Gasteiger partial charge in [-0.25, -0.2) is 0 Å². The molecule has 0 heterocycles. The molecular weight excluding hydrogens is 380 g/mol. The molecule has 0 aromatic heterocycles. The van der Waals surface area contributed by atoms with Crippen LogP contribution >= 0.6 is 11.8 Å². The molecule has 0 unspecified atom stereocenters. The zero-order chi connectivity index (χ0) is 20.9. The summed E-state index contributed by atoms with van der Waals surface area (Å²) in [4.78, 5) is 13.5. The van der Waals surface area contributed by atoms with Crippen molar-refractivity contribution in [2.45, 2.75) is 63.2 Å². The van der Waals surface area contributed by atoms with Crippen LogP contribution in [0.3, 0.4) is 0 Å². The van der Waals surface area contributed by atoms with E-state index in [1.54, 1.807) is 6.07 Å². The number of benzene rings is 2. The summed E-state index contributed by atoms with van der Waals surface area (Å²) in [5.74, 6) is 0.838. The lowest BCUT2D eigenvalue weighted by atomic mass is 10.1. The van der Waals surface area contributed by atoms with Gasteiger partial charge < -0.3 is 10.2 Å². The predicted molar refractivity (Wildman–Crippen MR) is 123 cm³/mol. The van der Waals surface area contributed by atoms with Crippen molar-refractivity contribution in [3.05, 3.63) is 59.7 Å². The third kappa shape index (κ3) is 8.36. The Labute approximate surface area is 178 Å². The third-order valence-electron chi connectivity index (χ3n) is 4.87. The van der Waals surface area contributed by atoms with E-state index in [-0.39, 0.29) is 22.8 Å². The molecule has 2 aromatic carbocycles. The monoisotopic (exact) mass is 412 g/mol. The molecule has 0 saturated heterocycles. The van der Waals surface area contributed by atoms with Gasteiger partial charge in [0, 0.05) is 10.5 Å². The second-order valence-electron chi connectivity index (χ2n) is 7.26. The molecule has 0 bridgehead atoms. The van der Waals surface area contributed by atoms with E-state index in [9.17, 15) is 15.0 Å². The summed E-state index contributed by atoms with van der Waals surface area (Å²) in [7, 11) is 0. The summed E-state index contributed by atoms with van der Waals surface area (Å²) in [6.07, 6.45) is 13.4. The van der Waals surface area contributed by atoms with Crippen LogP contribution in [0.25, 0.3) is 6.08 Å². The van der Waals surface area contributed by atoms with E-state index < -0.39 is 0 Å². The van der Waals surface area contributed by atoms with Gasteiger partial charge in [-0.2, -0.15) is 0 Å². The number of ketones is 1. The molecule has 29 heavy (non-hydrogen) atoms. The van der Waals surface area contributed by atoms with Gasteiger partial charge in [0.1, 0.15) is 11.5 Å². The second kappa shape index (κ2) is 13.1. The molecule has 0 atom stereocenters. The van der Waals surface area contributed by atoms with Gasteiger partial charge in [0.25, 0.3) is 0 Å². The van der Waals surface area contributed by atoms with Gasteiger partial charge in [-0.3, -0.25) is 4.79 Å². The maximum Gasteiger partial charge on any atom is 0.185 e. The third-order valence-corrected chi connectivity index (χ3v) is 5.97. The fraction of sp³-hybridized carbons (Fsp3) is 0.400. The minimum Gasteiger partial charge on any atom is -0.507 e. The first kappa shape index (κ1) is 23.1. The first-order valence-electron chi connectivity index (χ1n) is 10.6. The number of hydrogen-bond acceptors (Lipinski definition) is 4. The summed E-state index contributed by atoms with van der Waals surface area (Å²) in [5, 5.41) is 19.5. The van der Waals surface area contributed by atoms with Gasteiger partial charge in [-0.05, 0) is 60.7 Å². The smallest absolute Gasteiger partial charge is 0.185 e. The van der Waals surface area contributed by atoms with Crippen molar-refractivity contribution in [3.63, 3.8) is 0 Å². The lowest BCUT2D eigenvalue weighted by Gasteiger charge is -2.04. The number of allylic oxidation sites excluding steroid dienone is 1. The lowest BCUT2D eigenvalue weighted by molar-refractivity contribution is 0.104. The van der Waals surface area contributed by atoms with E-state index in [1.807, 2.05) is 36.0 Å². The lowest BCUT2D eigenvalue weighted by Crippen LogP contribution is -1.94. The number of phenolic OH excluding ortho intramolecular Hbond substituents is 2. The molecule has 2 aromatic rings. The van der Waals surface area contributed by atoms with Crippen LogP contribution in [-0.4, -0.2) is 21.7 Å². The van der Waals surface area contributed by atoms with Crippen LogP contribution in [0.4, 0.5) is 0 Å². The average molecular weight is 413 g/mol. The zero-order valence-corrected chi connectivity index (χ0v) is 18.1. The molecule has 0 radical (unpaired) electrons. The van der Waals surface area contributed by atoms with Crippen molar-refractivity contribution in [2.24, 2.45) is 0 Å². The quantitative estimate of drug-likeness (QED) is 0.158. The maximum absolute atomic E-state index is 12.3. The summed E-state index contributed by atoms with van der Waals surface area (Å²) >= 11 is 1.83. The molecule has 2 N–H and O–H groups in total. The van der Waals surface area contributed by atoms with Gasteiger partial charge in [0.05, 0.1) is 5.56 Å². The highest BCUT2D eigenvalue weighted by Gasteiger charge is 2.06. The molecule has 2 rings (SSSR count). The molecular formula is C25H32O3S. The number of phenols is 2. The Bertz CT molecular complexity index is 761. The number of rotatable bonds is 13. The number of carbonyl (C=O) groups is 1. The van der Waals surface area contributed by atoms with Crippen LogP contribution in [0, 0.1) is 0 Å². The average Bonchev–Trinajstić information content (AvgIpc) is 2.72. The normalized spacial score (nSPS) is 11.2. The van der Waals surface area contributed by atoms with E-state index in [0.717, 1.165) is 5.75 Å². The first-order chi connectivity index (χ1) is 14.1. The number of unbranched alkanes of at least 4 members (excludes halogenated alkanes) is 7. The van der Waals surface area contributed by atoms with Crippen LogP contribution in [-0.2, 0) is 0 Å². The number of thioether (sulfide) groups is 1. The number of hydrogen-bond donors (Lipinski definition) is 2. The van der Waals surface area contributed by atoms with Gasteiger partial charge >= 0.3 is 0 Å². The summed E-state index contributed by atoms with van der Waals surface area (Å²) < 4.78 is 0. The van der Waals surface area contributed by atoms with E-state index >= 15 is 0 Å². The maximum atomic E-state index is 12.3. The molecule has 3 nitrogen and oxygen atoms in total. The van der Waals surface area contributed by atoms with Crippen molar-refractivity contribution < 1.29 is 15.0 Å². The van der Waals surface area contributed by atoms with Crippen molar-refractivity contribution in [1.82, 2.24) is 0 Å². The predicted octanol–water partition coefficient (Wildman–Crippen LogP) is 7.23. The van der Waals surface area contributed by atoms with E-state index in [1.165, 1.54) is 80.5 Å². The minimum absolute atomic E-state index is 0.0539. The van der Waals surface area contributed by atoms with Crippen LogP contribution in [0.5, 0.6) is 11.5 Å². The van der Waals surface area contributed by atoms with Crippen molar-refractivity contribution in [1.29, 1.82) is 0 Å². The van der Waals surface area contributed by atoms with Crippen LogP contribution in [0.1, 0.15) is 74.2 Å². The Hall–Kier alpha value is -2.20. The van der Waals surface area contributed by atoms with E-state index in [4.69, 9.17) is 0 Å². The van der Waals surface area contributed by atoms with E-state index in [2.05, 4.69) is 6.92 Å². The van der Waals surface area contributed by atoms with Crippen LogP contribution in [0.15, 0.2) is 53.4 Å². The Balaban J connectivity index is 1.72. The summed E-state index contributed by atoms with van der Waals surface area (Å²) in [5.41, 5.74) is 0.839. The Kier molecular flexibility index (Phi) is 10.4. The molecule has 4 heteroatoms. The topological polar surface area (TPSA) is 57.5 Å². The minimum atomic E-state index is -0.160. The fourth-order valence-electron chi connectivity index (χ4n) is 3.11. The standard InChI is InChI=1S/C25H32O3S/c1-2-3-4-5-6-7-8-9-19-29-21-15-13-20(14-16-21)23(26)18-17-22-24(27)11-10-12-25(22)28/h10-18,27-28H,2-9,19H2,1H3. The van der Waals surface area contributed by atoms with Gasteiger partial charge in [-0.15, -0.1) is 11.8 Å². The molecule has 156 valence electrons. The van der Waals surface area contributed by atoms with Gasteiger partial charge in [-0.1, -0.05) is 57.9 Å². The van der Waals surface area contributed by atoms with Gasteiger partial charge in [0.2, 0.25) is 0 Å². The van der Waals surface area contributed by atoms with Crippen molar-refractivity contribution in [3.8, 4) is 11.5 Å². The highest BCUT2D eigenvalue weighted by molar-refractivity contribution is 7.99. The fourth-order valence-corrected chi connectivity index (χ4v) is 4.02. The summed E-state index contributed by atoms with van der Waals surface area (Å²) in [6, 6.07) is 12.1. The molecule has 0 aliphatic rings. The van der Waals surface area contributed by atoms with Crippen molar-refractivity contribution >= 4 is 23.6 Å².